The lowest BCUT2D eigenvalue weighted by molar-refractivity contribution is -0.152. The average molecular weight is 210 g/mol. The number of esters is 2. The molecule has 3 heteroatoms. The quantitative estimate of drug-likeness (QED) is 0.384. The topological polar surface area (TPSA) is 43.4 Å². The first-order valence-electron chi connectivity index (χ1n) is 5.29. The Morgan fingerprint density at radius 2 is 1.33 bits per heavy atom. The number of carbonyl (C=O) groups excluding carboxylic acids is 2. The molecule has 0 aliphatic rings. The smallest absolute Gasteiger partial charge is 0.338 e. The van der Waals surface area contributed by atoms with Gasteiger partial charge in [0, 0.05) is 12.2 Å². The van der Waals surface area contributed by atoms with E-state index in [0.717, 1.165) is 25.7 Å². The summed E-state index contributed by atoms with van der Waals surface area (Å²) in [6.07, 6.45) is 9.53. The van der Waals surface area contributed by atoms with E-state index in [9.17, 15) is 9.59 Å². The lowest BCUT2D eigenvalue weighted by Gasteiger charge is -1.93. The fourth-order valence-electron chi connectivity index (χ4n) is 0.860. The molecule has 84 valence electrons. The van der Waals surface area contributed by atoms with Crippen molar-refractivity contribution < 1.29 is 14.3 Å². The number of hydrogen-bond donors (Lipinski definition) is 0. The molecule has 0 aliphatic carbocycles. The highest BCUT2D eigenvalue weighted by Gasteiger charge is 2.02. The number of ether oxygens (including phenoxy) is 1. The van der Waals surface area contributed by atoms with Crippen LogP contribution in [0, 0.1) is 0 Å². The molecule has 0 aromatic carbocycles. The van der Waals surface area contributed by atoms with Gasteiger partial charge in [-0.2, -0.15) is 0 Å². The summed E-state index contributed by atoms with van der Waals surface area (Å²) >= 11 is 0. The Kier molecular flexibility index (Phi) is 8.34. The number of unbranched alkanes of at least 4 members (excludes halogenated alkanes) is 2. The number of allylic oxidation sites excluding steroid dienone is 2. The molecule has 0 aromatic rings. The molecule has 0 rings (SSSR count). The second-order valence-corrected chi connectivity index (χ2v) is 3.12. The van der Waals surface area contributed by atoms with E-state index in [1.54, 1.807) is 12.2 Å². The number of carbonyl (C=O) groups is 2. The minimum atomic E-state index is -0.602. The molecule has 0 spiro atoms. The fourth-order valence-corrected chi connectivity index (χ4v) is 0.860. The molecule has 0 aliphatic heterocycles. The van der Waals surface area contributed by atoms with Gasteiger partial charge in [0.2, 0.25) is 0 Å². The van der Waals surface area contributed by atoms with Crippen LogP contribution in [0.1, 0.15) is 39.5 Å². The van der Waals surface area contributed by atoms with Crippen molar-refractivity contribution in [2.75, 3.05) is 0 Å². The Hall–Kier alpha value is -1.38. The SMILES string of the molecule is CCCC=CC(=O)OC(=O)/C=C\CCC. The van der Waals surface area contributed by atoms with Crippen LogP contribution in [0.15, 0.2) is 24.3 Å². The van der Waals surface area contributed by atoms with Crippen LogP contribution in [0.3, 0.4) is 0 Å². The van der Waals surface area contributed by atoms with Gasteiger partial charge >= 0.3 is 11.9 Å². The predicted molar refractivity (Wildman–Crippen MR) is 59.2 cm³/mol. The molecule has 0 fully saturated rings. The van der Waals surface area contributed by atoms with E-state index in [4.69, 9.17) is 0 Å². The minimum Gasteiger partial charge on any atom is -0.387 e. The zero-order valence-electron chi connectivity index (χ0n) is 9.36. The van der Waals surface area contributed by atoms with Crippen molar-refractivity contribution in [2.45, 2.75) is 39.5 Å². The summed E-state index contributed by atoms with van der Waals surface area (Å²) in [5.41, 5.74) is 0. The van der Waals surface area contributed by atoms with Crippen LogP contribution in [0.2, 0.25) is 0 Å². The van der Waals surface area contributed by atoms with Gasteiger partial charge in [0.05, 0.1) is 0 Å². The van der Waals surface area contributed by atoms with Crippen LogP contribution in [-0.2, 0) is 14.3 Å². The van der Waals surface area contributed by atoms with Gasteiger partial charge in [-0.1, -0.05) is 38.8 Å². The second-order valence-electron chi connectivity index (χ2n) is 3.12. The lowest BCUT2D eigenvalue weighted by atomic mass is 10.3. The highest BCUT2D eigenvalue weighted by atomic mass is 16.6. The van der Waals surface area contributed by atoms with Crippen LogP contribution >= 0.6 is 0 Å². The molecular weight excluding hydrogens is 192 g/mol. The first-order chi connectivity index (χ1) is 7.20. The third-order valence-electron chi connectivity index (χ3n) is 1.62. The summed E-state index contributed by atoms with van der Waals surface area (Å²) in [6, 6.07) is 0. The van der Waals surface area contributed by atoms with E-state index in [1.807, 2.05) is 13.8 Å². The van der Waals surface area contributed by atoms with Gasteiger partial charge in [-0.25, -0.2) is 9.59 Å². The van der Waals surface area contributed by atoms with Crippen molar-refractivity contribution >= 4 is 11.9 Å². The summed E-state index contributed by atoms with van der Waals surface area (Å²) < 4.78 is 4.49. The van der Waals surface area contributed by atoms with E-state index < -0.39 is 11.9 Å². The second kappa shape index (κ2) is 9.19. The minimum absolute atomic E-state index is 0.602. The van der Waals surface area contributed by atoms with Crippen molar-refractivity contribution in [1.29, 1.82) is 0 Å². The highest BCUT2D eigenvalue weighted by molar-refractivity contribution is 5.96. The van der Waals surface area contributed by atoms with Crippen LogP contribution < -0.4 is 0 Å². The molecule has 0 heterocycles. The molecule has 15 heavy (non-hydrogen) atoms. The average Bonchev–Trinajstić information content (AvgIpc) is 2.18. The predicted octanol–water partition coefficient (Wildman–Crippen LogP) is 2.77. The van der Waals surface area contributed by atoms with Gasteiger partial charge < -0.3 is 4.74 Å². The Labute approximate surface area is 90.8 Å². The van der Waals surface area contributed by atoms with Gasteiger partial charge in [-0.3, -0.25) is 0 Å². The monoisotopic (exact) mass is 210 g/mol. The molecular formula is C12H18O3. The summed E-state index contributed by atoms with van der Waals surface area (Å²) in [6.45, 7) is 4.02. The van der Waals surface area contributed by atoms with Gasteiger partial charge in [-0.05, 0) is 12.8 Å². The van der Waals surface area contributed by atoms with E-state index in [0.29, 0.717) is 0 Å². The van der Waals surface area contributed by atoms with Gasteiger partial charge in [0.15, 0.2) is 0 Å². The Balaban J connectivity index is 3.81. The number of hydrogen-bond acceptors (Lipinski definition) is 3. The third kappa shape index (κ3) is 8.94. The molecule has 3 nitrogen and oxygen atoms in total. The molecule has 0 amide bonds. The van der Waals surface area contributed by atoms with Crippen LogP contribution in [0.25, 0.3) is 0 Å². The molecule has 0 aromatic heterocycles. The summed E-state index contributed by atoms with van der Waals surface area (Å²) in [5, 5.41) is 0. The number of rotatable bonds is 6. The zero-order valence-corrected chi connectivity index (χ0v) is 9.36. The van der Waals surface area contributed by atoms with Crippen molar-refractivity contribution in [3.63, 3.8) is 0 Å². The maximum atomic E-state index is 11.0. The van der Waals surface area contributed by atoms with Gasteiger partial charge in [0.1, 0.15) is 0 Å². The van der Waals surface area contributed by atoms with E-state index in [-0.39, 0.29) is 0 Å². The fraction of sp³-hybridized carbons (Fsp3) is 0.500. The Morgan fingerprint density at radius 1 is 0.933 bits per heavy atom. The van der Waals surface area contributed by atoms with Crippen molar-refractivity contribution in [3.8, 4) is 0 Å². The van der Waals surface area contributed by atoms with E-state index >= 15 is 0 Å². The van der Waals surface area contributed by atoms with E-state index in [1.165, 1.54) is 12.2 Å². The largest absolute Gasteiger partial charge is 0.387 e. The summed E-state index contributed by atoms with van der Waals surface area (Å²) in [4.78, 5) is 22.0. The van der Waals surface area contributed by atoms with Crippen LogP contribution in [0.5, 0.6) is 0 Å². The van der Waals surface area contributed by atoms with Crippen molar-refractivity contribution in [3.05, 3.63) is 24.3 Å². The maximum absolute atomic E-state index is 11.0. The first-order valence-corrected chi connectivity index (χ1v) is 5.29. The summed E-state index contributed by atoms with van der Waals surface area (Å²) in [5.74, 6) is -1.20. The normalized spacial score (nSPS) is 11.1. The highest BCUT2D eigenvalue weighted by Crippen LogP contribution is 1.93. The van der Waals surface area contributed by atoms with Crippen molar-refractivity contribution in [1.82, 2.24) is 0 Å². The van der Waals surface area contributed by atoms with Gasteiger partial charge in [0.25, 0.3) is 0 Å². The first kappa shape index (κ1) is 13.6. The third-order valence-corrected chi connectivity index (χ3v) is 1.62. The molecule has 0 saturated heterocycles. The molecule has 0 saturated carbocycles. The molecule has 0 N–H and O–H groups in total. The standard InChI is InChI=1S/C12H18O3/c1-3-5-7-9-11(13)15-12(14)10-8-6-4-2/h7-10H,3-6H2,1-2H3/b9-7-,10-8?. The van der Waals surface area contributed by atoms with E-state index in [2.05, 4.69) is 4.74 Å². The molecule has 0 unspecified atom stereocenters. The molecule has 0 bridgehead atoms. The zero-order chi connectivity index (χ0) is 11.5. The molecule has 0 atom stereocenters. The van der Waals surface area contributed by atoms with Crippen molar-refractivity contribution in [2.24, 2.45) is 0 Å². The summed E-state index contributed by atoms with van der Waals surface area (Å²) in [7, 11) is 0. The Morgan fingerprint density at radius 3 is 1.67 bits per heavy atom. The van der Waals surface area contributed by atoms with Gasteiger partial charge in [-0.15, -0.1) is 0 Å². The van der Waals surface area contributed by atoms with Crippen LogP contribution in [0.4, 0.5) is 0 Å². The Bertz CT molecular complexity index is 226. The molecule has 0 radical (unpaired) electrons. The van der Waals surface area contributed by atoms with Crippen LogP contribution in [-0.4, -0.2) is 11.9 Å². The maximum Gasteiger partial charge on any atom is 0.338 e. The lowest BCUT2D eigenvalue weighted by Crippen LogP contribution is -2.06.